The zero-order chi connectivity index (χ0) is 25.2. The highest BCUT2D eigenvalue weighted by atomic mass is 35.5. The highest BCUT2D eigenvalue weighted by Crippen LogP contribution is 2.34. The molecular formula is C29H37ClN4O2. The number of hydrogen-bond donors (Lipinski definition) is 0. The number of benzene rings is 1. The molecular weight excluding hydrogens is 472 g/mol. The van der Waals surface area contributed by atoms with Crippen molar-refractivity contribution in [1.82, 2.24) is 15.0 Å². The van der Waals surface area contributed by atoms with Crippen molar-refractivity contribution < 1.29 is 9.26 Å². The smallest absolute Gasteiger partial charge is 0.141 e. The van der Waals surface area contributed by atoms with E-state index in [9.17, 15) is 0 Å². The largest absolute Gasteiger partial charge is 0.495 e. The minimum atomic E-state index is 0.0988. The molecule has 0 amide bonds. The summed E-state index contributed by atoms with van der Waals surface area (Å²) in [5.74, 6) is 2.75. The summed E-state index contributed by atoms with van der Waals surface area (Å²) >= 11 is 6.40. The van der Waals surface area contributed by atoms with E-state index in [0.29, 0.717) is 16.8 Å². The highest BCUT2D eigenvalue weighted by Gasteiger charge is 2.36. The Morgan fingerprint density at radius 1 is 1.17 bits per heavy atom. The quantitative estimate of drug-likeness (QED) is 0.446. The van der Waals surface area contributed by atoms with Crippen LogP contribution < -0.4 is 4.74 Å². The van der Waals surface area contributed by atoms with E-state index < -0.39 is 0 Å². The van der Waals surface area contributed by atoms with Crippen LogP contribution in [0.1, 0.15) is 55.2 Å². The van der Waals surface area contributed by atoms with E-state index in [1.165, 1.54) is 43.8 Å². The van der Waals surface area contributed by atoms with Gasteiger partial charge in [-0.05, 0) is 82.5 Å². The molecule has 3 heterocycles. The van der Waals surface area contributed by atoms with Crippen molar-refractivity contribution in [3.05, 3.63) is 64.0 Å². The van der Waals surface area contributed by atoms with Crippen LogP contribution in [0.3, 0.4) is 0 Å². The van der Waals surface area contributed by atoms with Gasteiger partial charge in [0.25, 0.3) is 0 Å². The molecule has 0 N–H and O–H groups in total. The molecule has 7 heteroatoms. The number of aromatic nitrogens is 1. The second-order valence-electron chi connectivity index (χ2n) is 10.3. The Kier molecular flexibility index (Phi) is 7.54. The number of fused-ring (bicyclic) bond motifs is 1. The second kappa shape index (κ2) is 10.8. The fourth-order valence-electron chi connectivity index (χ4n) is 5.85. The van der Waals surface area contributed by atoms with Crippen LogP contribution in [0.2, 0.25) is 5.02 Å². The minimum Gasteiger partial charge on any atom is -0.495 e. The van der Waals surface area contributed by atoms with Gasteiger partial charge in [0.15, 0.2) is 0 Å². The first kappa shape index (κ1) is 25.1. The first-order chi connectivity index (χ1) is 17.4. The van der Waals surface area contributed by atoms with Crippen LogP contribution >= 0.6 is 11.6 Å². The van der Waals surface area contributed by atoms with E-state index in [1.807, 2.05) is 26.0 Å². The molecule has 0 spiro atoms. The zero-order valence-corrected chi connectivity index (χ0v) is 22.6. The summed E-state index contributed by atoms with van der Waals surface area (Å²) in [6.07, 6.45) is 12.6. The number of piperidine rings is 1. The number of halogens is 1. The molecule has 0 radical (unpaired) electrons. The molecule has 2 unspecified atom stereocenters. The van der Waals surface area contributed by atoms with Crippen molar-refractivity contribution >= 4 is 23.0 Å². The average Bonchev–Trinajstić information content (AvgIpc) is 3.41. The predicted molar refractivity (Wildman–Crippen MR) is 146 cm³/mol. The van der Waals surface area contributed by atoms with Crippen LogP contribution in [0.4, 0.5) is 0 Å². The molecule has 2 aromatic rings. The maximum atomic E-state index is 6.40. The molecule has 3 aliphatic rings. The Morgan fingerprint density at radius 2 is 1.97 bits per heavy atom. The number of amidine groups is 1. The van der Waals surface area contributed by atoms with Gasteiger partial charge in [0.1, 0.15) is 17.3 Å². The molecule has 6 nitrogen and oxygen atoms in total. The minimum absolute atomic E-state index is 0.0988. The van der Waals surface area contributed by atoms with Crippen LogP contribution in [0.5, 0.6) is 5.75 Å². The van der Waals surface area contributed by atoms with Gasteiger partial charge in [0.2, 0.25) is 0 Å². The van der Waals surface area contributed by atoms with E-state index >= 15 is 0 Å². The number of hydrogen-bond acceptors (Lipinski definition) is 6. The number of allylic oxidation sites excluding steroid dienone is 2. The Morgan fingerprint density at radius 3 is 2.67 bits per heavy atom. The Balaban J connectivity index is 1.38. The molecule has 0 saturated carbocycles. The molecule has 2 aliphatic heterocycles. The molecule has 1 saturated heterocycles. The van der Waals surface area contributed by atoms with E-state index in [2.05, 4.69) is 46.2 Å². The number of likely N-dealkylation sites (tertiary alicyclic amines) is 1. The second-order valence-corrected chi connectivity index (χ2v) is 10.7. The fraction of sp³-hybridized carbons (Fsp3) is 0.517. The van der Waals surface area contributed by atoms with Gasteiger partial charge in [-0.15, -0.1) is 0 Å². The lowest BCUT2D eigenvalue weighted by Crippen LogP contribution is -2.49. The third-order valence-electron chi connectivity index (χ3n) is 7.81. The Bertz CT molecular complexity index is 1160. The van der Waals surface area contributed by atoms with E-state index in [-0.39, 0.29) is 12.1 Å². The van der Waals surface area contributed by atoms with Gasteiger partial charge < -0.3 is 14.2 Å². The number of nitrogens with zero attached hydrogens (tertiary/aromatic N) is 4. The van der Waals surface area contributed by atoms with Crippen LogP contribution in [-0.4, -0.2) is 65.7 Å². The van der Waals surface area contributed by atoms with Gasteiger partial charge in [0, 0.05) is 24.6 Å². The summed E-state index contributed by atoms with van der Waals surface area (Å²) in [6.45, 7) is 9.74. The van der Waals surface area contributed by atoms with Crippen LogP contribution in [-0.2, 0) is 6.42 Å². The third-order valence-corrected chi connectivity index (χ3v) is 8.11. The van der Waals surface area contributed by atoms with Crippen molar-refractivity contribution in [2.24, 2.45) is 4.99 Å². The van der Waals surface area contributed by atoms with Crippen molar-refractivity contribution in [1.29, 1.82) is 0 Å². The number of aliphatic imine (C=N–C) groups is 1. The standard InChI is InChI=1S/C29H37ClN4O2/c1-19(33-14-6-5-7-15-33)18-34-26-11-10-23(29-20(2)32-36-21(29)3)17-25(26)31-28(34)13-9-22-8-12-27(35-4)24(30)16-22/h8,10-12,16-17,19,25-26H,5-7,9,13-15,18H2,1-4H3/t19-,25?,26?/m0/s1. The van der Waals surface area contributed by atoms with Gasteiger partial charge >= 0.3 is 0 Å². The topological polar surface area (TPSA) is 54.1 Å². The van der Waals surface area contributed by atoms with Crippen LogP contribution in [0.15, 0.2) is 45.9 Å². The first-order valence-corrected chi connectivity index (χ1v) is 13.6. The molecule has 36 heavy (non-hydrogen) atoms. The number of methoxy groups -OCH3 is 1. The summed E-state index contributed by atoms with van der Waals surface area (Å²) in [5.41, 5.74) is 4.37. The Labute approximate surface area is 219 Å². The normalized spacial score (nSPS) is 22.9. The summed E-state index contributed by atoms with van der Waals surface area (Å²) in [7, 11) is 1.65. The molecule has 0 bridgehead atoms. The molecule has 1 aromatic carbocycles. The van der Waals surface area contributed by atoms with Crippen molar-refractivity contribution in [2.45, 2.75) is 71.0 Å². The fourth-order valence-corrected chi connectivity index (χ4v) is 6.13. The summed E-state index contributed by atoms with van der Waals surface area (Å²) < 4.78 is 10.8. The van der Waals surface area contributed by atoms with E-state index in [0.717, 1.165) is 42.0 Å². The molecule has 1 aromatic heterocycles. The van der Waals surface area contributed by atoms with E-state index in [1.54, 1.807) is 7.11 Å². The lowest BCUT2D eigenvalue weighted by Gasteiger charge is -2.38. The summed E-state index contributed by atoms with van der Waals surface area (Å²) in [5, 5.41) is 4.81. The van der Waals surface area contributed by atoms with Gasteiger partial charge in [-0.3, -0.25) is 9.89 Å². The highest BCUT2D eigenvalue weighted by molar-refractivity contribution is 6.32. The van der Waals surface area contributed by atoms with E-state index in [4.69, 9.17) is 25.9 Å². The average molecular weight is 509 g/mol. The monoisotopic (exact) mass is 508 g/mol. The molecule has 3 atom stereocenters. The van der Waals surface area contributed by atoms with Gasteiger partial charge in [0.05, 0.1) is 29.9 Å². The molecule has 5 rings (SSSR count). The first-order valence-electron chi connectivity index (χ1n) is 13.2. The molecule has 192 valence electrons. The lowest BCUT2D eigenvalue weighted by molar-refractivity contribution is 0.146. The van der Waals surface area contributed by atoms with Crippen molar-refractivity contribution in [3.8, 4) is 5.75 Å². The maximum Gasteiger partial charge on any atom is 0.141 e. The number of aryl methyl sites for hydroxylation is 3. The number of ether oxygens (including phenoxy) is 1. The van der Waals surface area contributed by atoms with Crippen molar-refractivity contribution in [2.75, 3.05) is 26.7 Å². The predicted octanol–water partition coefficient (Wildman–Crippen LogP) is 5.87. The van der Waals surface area contributed by atoms with Crippen LogP contribution in [0, 0.1) is 13.8 Å². The van der Waals surface area contributed by atoms with Crippen LogP contribution in [0.25, 0.3) is 5.57 Å². The van der Waals surface area contributed by atoms with Gasteiger partial charge in [-0.1, -0.05) is 41.4 Å². The third kappa shape index (κ3) is 5.12. The van der Waals surface area contributed by atoms with Crippen molar-refractivity contribution in [3.63, 3.8) is 0 Å². The molecule has 1 aliphatic carbocycles. The summed E-state index contributed by atoms with van der Waals surface area (Å²) in [6, 6.07) is 6.90. The van der Waals surface area contributed by atoms with Gasteiger partial charge in [-0.25, -0.2) is 0 Å². The number of rotatable bonds is 8. The molecule has 1 fully saturated rings. The maximum absolute atomic E-state index is 6.40. The zero-order valence-electron chi connectivity index (χ0n) is 21.8. The summed E-state index contributed by atoms with van der Waals surface area (Å²) in [4.78, 5) is 10.5. The van der Waals surface area contributed by atoms with Gasteiger partial charge in [-0.2, -0.15) is 0 Å². The lowest BCUT2D eigenvalue weighted by atomic mass is 9.93. The Hall–Kier alpha value is -2.57. The SMILES string of the molecule is COc1ccc(CCC2=NC3C=C(c4c(C)noc4C)C=CC3N2C[C@H](C)N2CCCCC2)cc1Cl.